The van der Waals surface area contributed by atoms with E-state index in [1.165, 1.54) is 0 Å². The van der Waals surface area contributed by atoms with Gasteiger partial charge in [-0.3, -0.25) is 0 Å². The van der Waals surface area contributed by atoms with Crippen molar-refractivity contribution in [3.05, 3.63) is 71.3 Å². The van der Waals surface area contributed by atoms with E-state index in [4.69, 9.17) is 0 Å². The van der Waals surface area contributed by atoms with Crippen LogP contribution >= 0.6 is 0 Å². The van der Waals surface area contributed by atoms with E-state index in [-0.39, 0.29) is 24.4 Å². The summed E-state index contributed by atoms with van der Waals surface area (Å²) >= 11 is 0. The van der Waals surface area contributed by atoms with E-state index in [0.29, 0.717) is 0 Å². The van der Waals surface area contributed by atoms with Gasteiger partial charge in [-0.15, -0.1) is 0 Å². The van der Waals surface area contributed by atoms with Crippen LogP contribution in [0.2, 0.25) is 0 Å². The van der Waals surface area contributed by atoms with Crippen LogP contribution < -0.4 is 0 Å². The van der Waals surface area contributed by atoms with Crippen molar-refractivity contribution in [1.82, 2.24) is 19.9 Å². The molecule has 5 heterocycles. The number of aromatic nitrogens is 4. The molecule has 3 aromatic rings. The second-order valence-electron chi connectivity index (χ2n) is 5.91. The third-order valence-electron chi connectivity index (χ3n) is 4.04. The van der Waals surface area contributed by atoms with Gasteiger partial charge in [0.1, 0.15) is 0 Å². The number of hydrogen-bond acceptors (Lipinski definition) is 2. The number of H-pyrrole nitrogens is 2. The molecule has 0 amide bonds. The van der Waals surface area contributed by atoms with Crippen molar-refractivity contribution in [2.24, 2.45) is 0 Å². The summed E-state index contributed by atoms with van der Waals surface area (Å²) < 4.78 is 0. The molecule has 0 aromatic carbocycles. The Balaban J connectivity index is 0.00000157. The maximum Gasteiger partial charge on any atom is 5.00 e. The second kappa shape index (κ2) is 6.38. The topological polar surface area (TPSA) is 57.4 Å². The average Bonchev–Trinajstić information content (AvgIpc) is 3.32. The van der Waals surface area contributed by atoms with Crippen LogP contribution in [0, 0.1) is 0 Å². The molecule has 4 nitrogen and oxygen atoms in total. The third kappa shape index (κ3) is 3.31. The number of fused-ring (bicyclic) bond motifs is 8. The van der Waals surface area contributed by atoms with Crippen LogP contribution in [-0.2, 0) is 0 Å². The smallest absolute Gasteiger partial charge is 0.355 e. The maximum atomic E-state index is 4.62. The third-order valence-corrected chi connectivity index (χ3v) is 4.04. The summed E-state index contributed by atoms with van der Waals surface area (Å²) in [6.07, 6.45) is 8.05. The molecule has 5 heteroatoms. The Morgan fingerprint density at radius 2 is 0.840 bits per heavy atom. The predicted molar refractivity (Wildman–Crippen MR) is 105 cm³/mol. The molecule has 0 radical (unpaired) electrons. The summed E-state index contributed by atoms with van der Waals surface area (Å²) in [4.78, 5) is 16.0. The first kappa shape index (κ1) is 15.9. The molecule has 0 aliphatic carbocycles. The molecule has 2 N–H and O–H groups in total. The monoisotopic (exact) mass is 431 g/mol. The van der Waals surface area contributed by atoms with Gasteiger partial charge in [0.05, 0.1) is 22.8 Å². The fourth-order valence-electron chi connectivity index (χ4n) is 2.94. The van der Waals surface area contributed by atoms with Crippen LogP contribution in [0.4, 0.5) is 0 Å². The van der Waals surface area contributed by atoms with Gasteiger partial charge in [-0.1, -0.05) is 0 Å². The van der Waals surface area contributed by atoms with Gasteiger partial charge in [-0.25, -0.2) is 9.97 Å². The van der Waals surface area contributed by atoms with Gasteiger partial charge in [0, 0.05) is 22.1 Å². The number of aromatic amines is 2. The normalized spacial score (nSPS) is 12.2. The van der Waals surface area contributed by atoms with Crippen LogP contribution in [-0.4, -0.2) is 44.4 Å². The van der Waals surface area contributed by atoms with Crippen LogP contribution in [0.5, 0.6) is 0 Å². The molecule has 0 atom stereocenters. The summed E-state index contributed by atoms with van der Waals surface area (Å²) in [6, 6.07) is 16.4. The molecular weight excluding hydrogens is 418 g/mol. The summed E-state index contributed by atoms with van der Waals surface area (Å²) in [5.41, 5.74) is 7.86. The van der Waals surface area contributed by atoms with Crippen molar-refractivity contribution < 1.29 is 0 Å². The Kier molecular flexibility index (Phi) is 4.06. The number of nitrogens with zero attached hydrogens (tertiary/aromatic N) is 2. The maximum absolute atomic E-state index is 4.62. The SMILES string of the molecule is C1=Cc2cc3ccc(cc4ccc(cc5nc(cc1n2)C=C5)[nH]4)[nH]3.[Sb+5]. The first-order chi connectivity index (χ1) is 11.8. The number of rotatable bonds is 0. The minimum absolute atomic E-state index is 0. The van der Waals surface area contributed by atoms with Gasteiger partial charge in [-0.05, 0) is 72.8 Å². The summed E-state index contributed by atoms with van der Waals surface area (Å²) in [7, 11) is 0. The van der Waals surface area contributed by atoms with E-state index in [1.54, 1.807) is 0 Å². The van der Waals surface area contributed by atoms with Crippen molar-refractivity contribution in [2.75, 3.05) is 0 Å². The fraction of sp³-hybridized carbons (Fsp3) is 0. The Labute approximate surface area is 161 Å². The molecule has 3 aromatic heterocycles. The Hall–Kier alpha value is -2.58. The standard InChI is InChI=1S/C20H14N4.Sb/c1-2-14-10-16-5-6-18(23-16)12-20-8-7-19(24-20)11-17-4-3-15(22-17)9-13(1)21-14;/h1-12,21-22H;/q;+5. The number of nitrogens with one attached hydrogen (secondary N) is 2. The molecule has 2 aliphatic heterocycles. The zero-order valence-electron chi connectivity index (χ0n) is 13.3. The van der Waals surface area contributed by atoms with Crippen molar-refractivity contribution >= 4 is 70.8 Å². The quantitative estimate of drug-likeness (QED) is 0.359. The molecule has 5 rings (SSSR count). The van der Waals surface area contributed by atoms with Crippen LogP contribution in [0.15, 0.2) is 48.5 Å². The minimum atomic E-state index is 0. The van der Waals surface area contributed by atoms with Crippen molar-refractivity contribution in [3.63, 3.8) is 0 Å². The van der Waals surface area contributed by atoms with Gasteiger partial charge >= 0.3 is 24.4 Å². The minimum Gasteiger partial charge on any atom is -0.355 e. The van der Waals surface area contributed by atoms with Crippen LogP contribution in [0.1, 0.15) is 22.8 Å². The number of hydrogen-bond donors (Lipinski definition) is 2. The molecule has 0 unspecified atom stereocenters. The zero-order valence-corrected chi connectivity index (χ0v) is 15.8. The Morgan fingerprint density at radius 1 is 0.480 bits per heavy atom. The summed E-state index contributed by atoms with van der Waals surface area (Å²) in [5, 5.41) is 0. The van der Waals surface area contributed by atoms with Gasteiger partial charge in [-0.2, -0.15) is 0 Å². The van der Waals surface area contributed by atoms with E-state index in [0.717, 1.165) is 44.8 Å². The van der Waals surface area contributed by atoms with E-state index >= 15 is 0 Å². The van der Waals surface area contributed by atoms with E-state index in [9.17, 15) is 0 Å². The van der Waals surface area contributed by atoms with Gasteiger partial charge < -0.3 is 9.97 Å². The molecular formula is C20H14N4Sb+5. The van der Waals surface area contributed by atoms with Crippen LogP contribution in [0.25, 0.3) is 46.4 Å². The molecule has 0 saturated heterocycles. The van der Waals surface area contributed by atoms with Gasteiger partial charge in [0.25, 0.3) is 0 Å². The molecule has 0 saturated carbocycles. The van der Waals surface area contributed by atoms with Crippen molar-refractivity contribution in [1.29, 1.82) is 0 Å². The van der Waals surface area contributed by atoms with Gasteiger partial charge in [0.15, 0.2) is 0 Å². The van der Waals surface area contributed by atoms with Crippen molar-refractivity contribution in [3.8, 4) is 0 Å². The molecule has 8 bridgehead atoms. The van der Waals surface area contributed by atoms with Gasteiger partial charge in [0.2, 0.25) is 0 Å². The zero-order chi connectivity index (χ0) is 15.9. The first-order valence-electron chi connectivity index (χ1n) is 7.85. The Bertz CT molecular complexity index is 1080. The molecule has 114 valence electrons. The Morgan fingerprint density at radius 3 is 1.28 bits per heavy atom. The fourth-order valence-corrected chi connectivity index (χ4v) is 2.94. The van der Waals surface area contributed by atoms with E-state index in [2.05, 4.69) is 50.3 Å². The summed E-state index contributed by atoms with van der Waals surface area (Å²) in [5.74, 6) is 0. The molecule has 2 aliphatic rings. The van der Waals surface area contributed by atoms with E-state index < -0.39 is 0 Å². The average molecular weight is 432 g/mol. The van der Waals surface area contributed by atoms with E-state index in [1.807, 2.05) is 42.5 Å². The molecule has 0 spiro atoms. The predicted octanol–water partition coefficient (Wildman–Crippen LogP) is 4.27. The molecule has 0 fully saturated rings. The van der Waals surface area contributed by atoms with Crippen LogP contribution in [0.3, 0.4) is 0 Å². The second-order valence-corrected chi connectivity index (χ2v) is 5.91. The largest absolute Gasteiger partial charge is 5.00 e. The first-order valence-corrected chi connectivity index (χ1v) is 7.85. The molecule has 25 heavy (non-hydrogen) atoms. The van der Waals surface area contributed by atoms with Crippen molar-refractivity contribution in [2.45, 2.75) is 0 Å². The summed E-state index contributed by atoms with van der Waals surface area (Å²) in [6.45, 7) is 0.